The van der Waals surface area contributed by atoms with Crippen molar-refractivity contribution in [2.75, 3.05) is 26.2 Å². The number of rotatable bonds is 8. The highest BCUT2D eigenvalue weighted by molar-refractivity contribution is 5.94. The third kappa shape index (κ3) is 5.34. The number of carboxylic acid groups (broad SMARTS) is 1. The first-order valence-corrected chi connectivity index (χ1v) is 8.92. The Morgan fingerprint density at radius 3 is 2.42 bits per heavy atom. The summed E-state index contributed by atoms with van der Waals surface area (Å²) in [6, 6.07) is 9.89. The Kier molecular flexibility index (Phi) is 7.25. The largest absolute Gasteiger partial charge is 0.481 e. The molecular formula is C19H28N2O3. The molecule has 0 spiro atoms. The lowest BCUT2D eigenvalue weighted by Crippen LogP contribution is -2.47. The molecule has 132 valence electrons. The lowest BCUT2D eigenvalue weighted by molar-refractivity contribution is -0.137. The summed E-state index contributed by atoms with van der Waals surface area (Å²) in [6.07, 6.45) is 3.91. The highest BCUT2D eigenvalue weighted by Gasteiger charge is 2.26. The molecule has 0 saturated carbocycles. The van der Waals surface area contributed by atoms with E-state index in [4.69, 9.17) is 5.11 Å². The third-order valence-corrected chi connectivity index (χ3v) is 4.64. The Hall–Kier alpha value is -1.88. The number of hydrogen-bond acceptors (Lipinski definition) is 3. The van der Waals surface area contributed by atoms with E-state index >= 15 is 0 Å². The number of piperidine rings is 1. The molecule has 1 aliphatic rings. The van der Waals surface area contributed by atoms with Gasteiger partial charge in [0.05, 0.1) is 0 Å². The molecule has 0 radical (unpaired) electrons. The molecule has 1 saturated heterocycles. The summed E-state index contributed by atoms with van der Waals surface area (Å²) in [4.78, 5) is 27.5. The van der Waals surface area contributed by atoms with E-state index in [9.17, 15) is 9.59 Å². The maximum absolute atomic E-state index is 12.5. The van der Waals surface area contributed by atoms with Gasteiger partial charge in [0, 0.05) is 31.1 Å². The van der Waals surface area contributed by atoms with Crippen molar-refractivity contribution in [3.8, 4) is 0 Å². The Labute approximate surface area is 144 Å². The van der Waals surface area contributed by atoms with Crippen molar-refractivity contribution in [3.63, 3.8) is 0 Å². The first kappa shape index (κ1) is 18.5. The highest BCUT2D eigenvalue weighted by atomic mass is 16.4. The summed E-state index contributed by atoms with van der Waals surface area (Å²) in [6.45, 7) is 5.53. The van der Waals surface area contributed by atoms with E-state index in [1.807, 2.05) is 35.2 Å². The number of benzene rings is 1. The van der Waals surface area contributed by atoms with Gasteiger partial charge in [0.15, 0.2) is 0 Å². The van der Waals surface area contributed by atoms with Gasteiger partial charge in [-0.2, -0.15) is 0 Å². The molecule has 5 nitrogen and oxygen atoms in total. The molecule has 1 N–H and O–H groups in total. The van der Waals surface area contributed by atoms with Gasteiger partial charge in [-0.25, -0.2) is 0 Å². The predicted molar refractivity (Wildman–Crippen MR) is 94.1 cm³/mol. The molecule has 1 aliphatic heterocycles. The van der Waals surface area contributed by atoms with E-state index in [2.05, 4.69) is 11.8 Å². The topological polar surface area (TPSA) is 60.9 Å². The smallest absolute Gasteiger partial charge is 0.303 e. The van der Waals surface area contributed by atoms with Crippen molar-refractivity contribution in [1.82, 2.24) is 9.80 Å². The monoisotopic (exact) mass is 332 g/mol. The molecule has 1 fully saturated rings. The van der Waals surface area contributed by atoms with Gasteiger partial charge in [-0.1, -0.05) is 25.1 Å². The van der Waals surface area contributed by atoms with Crippen LogP contribution in [0.2, 0.25) is 0 Å². The molecule has 1 heterocycles. The number of carboxylic acids is 1. The molecule has 24 heavy (non-hydrogen) atoms. The number of carbonyl (C=O) groups is 2. The summed E-state index contributed by atoms with van der Waals surface area (Å²) in [5.41, 5.74) is 0.753. The Balaban J connectivity index is 1.85. The minimum absolute atomic E-state index is 0.113. The van der Waals surface area contributed by atoms with Crippen LogP contribution >= 0.6 is 0 Å². The number of nitrogens with zero attached hydrogens (tertiary/aromatic N) is 2. The lowest BCUT2D eigenvalue weighted by Gasteiger charge is -2.38. The minimum atomic E-state index is -0.727. The van der Waals surface area contributed by atoms with Gasteiger partial charge in [-0.05, 0) is 50.9 Å². The lowest BCUT2D eigenvalue weighted by atomic mass is 10.0. The van der Waals surface area contributed by atoms with E-state index in [0.29, 0.717) is 12.5 Å². The predicted octanol–water partition coefficient (Wildman–Crippen LogP) is 2.87. The molecule has 0 aliphatic carbocycles. The fourth-order valence-corrected chi connectivity index (χ4v) is 3.39. The van der Waals surface area contributed by atoms with E-state index in [1.165, 1.54) is 0 Å². The van der Waals surface area contributed by atoms with E-state index < -0.39 is 5.97 Å². The van der Waals surface area contributed by atoms with Crippen LogP contribution in [0.3, 0.4) is 0 Å². The minimum Gasteiger partial charge on any atom is -0.481 e. The van der Waals surface area contributed by atoms with Crippen molar-refractivity contribution in [3.05, 3.63) is 35.9 Å². The first-order valence-electron chi connectivity index (χ1n) is 8.92. The van der Waals surface area contributed by atoms with Crippen LogP contribution in [0.1, 0.15) is 49.4 Å². The van der Waals surface area contributed by atoms with Crippen LogP contribution in [0.4, 0.5) is 0 Å². The summed E-state index contributed by atoms with van der Waals surface area (Å²) in [7, 11) is 0. The van der Waals surface area contributed by atoms with Gasteiger partial charge in [-0.15, -0.1) is 0 Å². The average Bonchev–Trinajstić information content (AvgIpc) is 2.61. The van der Waals surface area contributed by atoms with E-state index in [0.717, 1.165) is 51.0 Å². The second-order valence-electron chi connectivity index (χ2n) is 6.42. The van der Waals surface area contributed by atoms with Crippen molar-refractivity contribution in [2.45, 2.75) is 45.1 Å². The maximum atomic E-state index is 12.5. The molecule has 1 aromatic carbocycles. The van der Waals surface area contributed by atoms with Crippen LogP contribution < -0.4 is 0 Å². The SMILES string of the molecule is CCCN(CCCC(=O)O)C1CCN(C(=O)c2ccccc2)CC1. The van der Waals surface area contributed by atoms with Crippen LogP contribution in [0.25, 0.3) is 0 Å². The third-order valence-electron chi connectivity index (χ3n) is 4.64. The van der Waals surface area contributed by atoms with Gasteiger partial charge in [0.1, 0.15) is 0 Å². The van der Waals surface area contributed by atoms with Crippen molar-refractivity contribution >= 4 is 11.9 Å². The van der Waals surface area contributed by atoms with Gasteiger partial charge < -0.3 is 14.9 Å². The quantitative estimate of drug-likeness (QED) is 0.795. The molecule has 0 bridgehead atoms. The molecule has 5 heteroatoms. The Morgan fingerprint density at radius 2 is 1.83 bits per heavy atom. The van der Waals surface area contributed by atoms with Crippen LogP contribution in [0.15, 0.2) is 30.3 Å². The summed E-state index contributed by atoms with van der Waals surface area (Å²) in [5.74, 6) is -0.614. The molecular weight excluding hydrogens is 304 g/mol. The summed E-state index contributed by atoms with van der Waals surface area (Å²) >= 11 is 0. The Morgan fingerprint density at radius 1 is 1.17 bits per heavy atom. The molecule has 0 aromatic heterocycles. The number of aliphatic carboxylic acids is 1. The molecule has 0 unspecified atom stereocenters. The van der Waals surface area contributed by atoms with Gasteiger partial charge in [0.2, 0.25) is 0 Å². The summed E-state index contributed by atoms with van der Waals surface area (Å²) < 4.78 is 0. The molecule has 2 rings (SSSR count). The van der Waals surface area contributed by atoms with E-state index in [1.54, 1.807) is 0 Å². The maximum Gasteiger partial charge on any atom is 0.303 e. The average molecular weight is 332 g/mol. The van der Waals surface area contributed by atoms with E-state index in [-0.39, 0.29) is 12.3 Å². The molecule has 0 atom stereocenters. The fourth-order valence-electron chi connectivity index (χ4n) is 3.39. The van der Waals surface area contributed by atoms with Gasteiger partial charge >= 0.3 is 5.97 Å². The standard InChI is InChI=1S/C19H28N2O3/c1-2-12-20(13-6-9-18(22)23)17-10-14-21(15-11-17)19(24)16-7-4-3-5-8-16/h3-5,7-8,17H,2,6,9-15H2,1H3,(H,22,23). The normalized spacial score (nSPS) is 15.7. The van der Waals surface area contributed by atoms with Gasteiger partial charge in [-0.3, -0.25) is 9.59 Å². The van der Waals surface area contributed by atoms with Crippen molar-refractivity contribution in [1.29, 1.82) is 0 Å². The first-order chi connectivity index (χ1) is 11.6. The van der Waals surface area contributed by atoms with Crippen LogP contribution in [0.5, 0.6) is 0 Å². The Bertz CT molecular complexity index is 525. The zero-order valence-corrected chi connectivity index (χ0v) is 14.5. The number of likely N-dealkylation sites (tertiary alicyclic amines) is 1. The number of hydrogen-bond donors (Lipinski definition) is 1. The zero-order chi connectivity index (χ0) is 17.4. The van der Waals surface area contributed by atoms with Crippen molar-refractivity contribution in [2.24, 2.45) is 0 Å². The van der Waals surface area contributed by atoms with Crippen LogP contribution in [0, 0.1) is 0 Å². The molecule has 1 aromatic rings. The fraction of sp³-hybridized carbons (Fsp3) is 0.579. The second kappa shape index (κ2) is 9.42. The van der Waals surface area contributed by atoms with Gasteiger partial charge in [0.25, 0.3) is 5.91 Å². The van der Waals surface area contributed by atoms with Crippen LogP contribution in [-0.2, 0) is 4.79 Å². The summed E-state index contributed by atoms with van der Waals surface area (Å²) in [5, 5.41) is 8.81. The number of carbonyl (C=O) groups excluding carboxylic acids is 1. The highest BCUT2D eigenvalue weighted by Crippen LogP contribution is 2.19. The number of amides is 1. The zero-order valence-electron chi connectivity index (χ0n) is 14.5. The van der Waals surface area contributed by atoms with Crippen LogP contribution in [-0.4, -0.2) is 59.0 Å². The van der Waals surface area contributed by atoms with Crippen molar-refractivity contribution < 1.29 is 14.7 Å². The second-order valence-corrected chi connectivity index (χ2v) is 6.42. The molecule has 1 amide bonds.